The molecule has 1 heterocycles. The van der Waals surface area contributed by atoms with Crippen LogP contribution in [0, 0.1) is 5.92 Å². The monoisotopic (exact) mass is 340 g/mol. The lowest BCUT2D eigenvalue weighted by Crippen LogP contribution is -2.38. The second-order valence-electron chi connectivity index (χ2n) is 6.77. The van der Waals surface area contributed by atoms with E-state index in [0.717, 1.165) is 43.8 Å². The smallest absolute Gasteiger partial charge is 0.191 e. The van der Waals surface area contributed by atoms with Gasteiger partial charge in [-0.3, -0.25) is 9.89 Å². The fraction of sp³-hybridized carbons (Fsp3) is 0.450. The van der Waals surface area contributed by atoms with Crippen molar-refractivity contribution >= 4 is 5.96 Å². The van der Waals surface area contributed by atoms with Gasteiger partial charge in [-0.15, -0.1) is 0 Å². The Morgan fingerprint density at radius 1 is 1.12 bits per heavy atom. The molecule has 1 aliphatic rings. The molecule has 134 valence electrons. The molecule has 5 nitrogen and oxygen atoms in total. The summed E-state index contributed by atoms with van der Waals surface area (Å²) in [7, 11) is 3.94. The molecular weight excluding hydrogens is 312 g/mol. The first kappa shape index (κ1) is 17.5. The number of hydrogen-bond acceptors (Lipinski definition) is 3. The van der Waals surface area contributed by atoms with Crippen molar-refractivity contribution in [3.05, 3.63) is 59.5 Å². The fourth-order valence-corrected chi connectivity index (χ4v) is 2.86. The minimum Gasteiger partial charge on any atom is -0.468 e. The largest absolute Gasteiger partial charge is 0.468 e. The third-order valence-electron chi connectivity index (χ3n) is 4.49. The van der Waals surface area contributed by atoms with E-state index in [-0.39, 0.29) is 0 Å². The van der Waals surface area contributed by atoms with Crippen molar-refractivity contribution in [3.8, 4) is 0 Å². The maximum absolute atomic E-state index is 5.44. The predicted molar refractivity (Wildman–Crippen MR) is 101 cm³/mol. The molecule has 0 saturated heterocycles. The van der Waals surface area contributed by atoms with Crippen LogP contribution in [-0.2, 0) is 19.6 Å². The molecule has 0 unspecified atom stereocenters. The Bertz CT molecular complexity index is 677. The van der Waals surface area contributed by atoms with Crippen molar-refractivity contribution in [1.82, 2.24) is 15.5 Å². The van der Waals surface area contributed by atoms with Crippen LogP contribution in [0.2, 0.25) is 0 Å². The lowest BCUT2D eigenvalue weighted by molar-refractivity contribution is 0.287. The van der Waals surface area contributed by atoms with E-state index in [0.29, 0.717) is 0 Å². The van der Waals surface area contributed by atoms with Crippen molar-refractivity contribution in [2.24, 2.45) is 10.9 Å². The van der Waals surface area contributed by atoms with Crippen LogP contribution < -0.4 is 10.6 Å². The average Bonchev–Trinajstić information content (AvgIpc) is 3.31. The molecule has 1 aliphatic carbocycles. The molecule has 2 aromatic rings. The van der Waals surface area contributed by atoms with Crippen LogP contribution >= 0.6 is 0 Å². The summed E-state index contributed by atoms with van der Waals surface area (Å²) in [6.07, 6.45) is 4.41. The van der Waals surface area contributed by atoms with Crippen molar-refractivity contribution in [3.63, 3.8) is 0 Å². The van der Waals surface area contributed by atoms with Crippen LogP contribution in [0.5, 0.6) is 0 Å². The summed E-state index contributed by atoms with van der Waals surface area (Å²) in [5, 5.41) is 6.84. The lowest BCUT2D eigenvalue weighted by atomic mass is 10.1. The van der Waals surface area contributed by atoms with E-state index in [2.05, 4.69) is 51.8 Å². The van der Waals surface area contributed by atoms with Gasteiger partial charge in [0, 0.05) is 26.7 Å². The maximum atomic E-state index is 5.44. The Balaban J connectivity index is 1.54. The Kier molecular flexibility index (Phi) is 6.12. The molecule has 1 fully saturated rings. The van der Waals surface area contributed by atoms with Gasteiger partial charge in [0.2, 0.25) is 0 Å². The zero-order valence-electron chi connectivity index (χ0n) is 15.2. The number of nitrogens with zero attached hydrogens (tertiary/aromatic N) is 2. The van der Waals surface area contributed by atoms with E-state index in [9.17, 15) is 0 Å². The summed E-state index contributed by atoms with van der Waals surface area (Å²) in [6.45, 7) is 3.48. The Labute approximate surface area is 150 Å². The molecule has 0 spiro atoms. The number of guanidine groups is 1. The Morgan fingerprint density at radius 2 is 1.92 bits per heavy atom. The van der Waals surface area contributed by atoms with Gasteiger partial charge in [-0.2, -0.15) is 0 Å². The second kappa shape index (κ2) is 8.72. The second-order valence-corrected chi connectivity index (χ2v) is 6.77. The van der Waals surface area contributed by atoms with Gasteiger partial charge in [0.1, 0.15) is 5.76 Å². The highest BCUT2D eigenvalue weighted by Gasteiger charge is 2.21. The summed E-state index contributed by atoms with van der Waals surface area (Å²) >= 11 is 0. The van der Waals surface area contributed by atoms with Gasteiger partial charge in [0.25, 0.3) is 0 Å². The standard InChI is InChI=1S/C20H28N4O/c1-21-20(22-12-16-9-10-16)23-13-17-6-3-4-7-18(17)14-24(2)15-19-8-5-11-25-19/h3-8,11,16H,9-10,12-15H2,1-2H3,(H2,21,22,23). The topological polar surface area (TPSA) is 52.8 Å². The number of benzene rings is 1. The molecule has 1 saturated carbocycles. The third kappa shape index (κ3) is 5.64. The highest BCUT2D eigenvalue weighted by molar-refractivity contribution is 5.79. The molecule has 25 heavy (non-hydrogen) atoms. The van der Waals surface area contributed by atoms with E-state index in [1.807, 2.05) is 19.2 Å². The first-order chi connectivity index (χ1) is 12.2. The quantitative estimate of drug-likeness (QED) is 0.573. The van der Waals surface area contributed by atoms with E-state index < -0.39 is 0 Å². The van der Waals surface area contributed by atoms with Gasteiger partial charge in [-0.25, -0.2) is 0 Å². The molecule has 0 atom stereocenters. The normalized spacial score (nSPS) is 14.8. The van der Waals surface area contributed by atoms with Crippen molar-refractivity contribution in [1.29, 1.82) is 0 Å². The van der Waals surface area contributed by atoms with Crippen molar-refractivity contribution in [2.45, 2.75) is 32.5 Å². The van der Waals surface area contributed by atoms with Gasteiger partial charge in [0.15, 0.2) is 5.96 Å². The summed E-state index contributed by atoms with van der Waals surface area (Å²) in [6, 6.07) is 12.5. The van der Waals surface area contributed by atoms with Gasteiger partial charge in [-0.1, -0.05) is 24.3 Å². The summed E-state index contributed by atoms with van der Waals surface area (Å²) in [4.78, 5) is 6.58. The summed E-state index contributed by atoms with van der Waals surface area (Å²) < 4.78 is 5.44. The van der Waals surface area contributed by atoms with Gasteiger partial charge in [-0.05, 0) is 49.1 Å². The number of hydrogen-bond donors (Lipinski definition) is 2. The number of rotatable bonds is 8. The molecular formula is C20H28N4O. The number of nitrogens with one attached hydrogen (secondary N) is 2. The van der Waals surface area contributed by atoms with Crippen LogP contribution in [-0.4, -0.2) is 31.5 Å². The van der Waals surface area contributed by atoms with E-state index in [1.54, 1.807) is 6.26 Å². The van der Waals surface area contributed by atoms with E-state index in [1.165, 1.54) is 24.0 Å². The van der Waals surface area contributed by atoms with Crippen LogP contribution in [0.4, 0.5) is 0 Å². The first-order valence-corrected chi connectivity index (χ1v) is 8.97. The molecule has 5 heteroatoms. The van der Waals surface area contributed by atoms with E-state index >= 15 is 0 Å². The maximum Gasteiger partial charge on any atom is 0.191 e. The van der Waals surface area contributed by atoms with Crippen molar-refractivity contribution < 1.29 is 4.42 Å². The van der Waals surface area contributed by atoms with Crippen LogP contribution in [0.15, 0.2) is 52.1 Å². The molecule has 2 N–H and O–H groups in total. The zero-order chi connectivity index (χ0) is 17.5. The summed E-state index contributed by atoms with van der Waals surface area (Å²) in [5.74, 6) is 2.70. The zero-order valence-corrected chi connectivity index (χ0v) is 15.2. The molecule has 0 radical (unpaired) electrons. The molecule has 0 bridgehead atoms. The first-order valence-electron chi connectivity index (χ1n) is 8.97. The number of furan rings is 1. The minimum atomic E-state index is 0.773. The van der Waals surface area contributed by atoms with Crippen LogP contribution in [0.1, 0.15) is 29.7 Å². The Morgan fingerprint density at radius 3 is 2.60 bits per heavy atom. The van der Waals surface area contributed by atoms with E-state index in [4.69, 9.17) is 4.42 Å². The van der Waals surface area contributed by atoms with Gasteiger partial charge < -0.3 is 15.1 Å². The average molecular weight is 340 g/mol. The van der Waals surface area contributed by atoms with Crippen LogP contribution in [0.25, 0.3) is 0 Å². The predicted octanol–water partition coefficient (Wildman–Crippen LogP) is 2.99. The van der Waals surface area contributed by atoms with Crippen molar-refractivity contribution in [2.75, 3.05) is 20.6 Å². The summed E-state index contributed by atoms with van der Waals surface area (Å²) in [5.41, 5.74) is 2.62. The SMILES string of the molecule is CN=C(NCc1ccccc1CN(C)Cc1ccco1)NCC1CC1. The molecule has 1 aromatic heterocycles. The Hall–Kier alpha value is -2.27. The highest BCUT2D eigenvalue weighted by Crippen LogP contribution is 2.27. The van der Waals surface area contributed by atoms with Gasteiger partial charge in [0.05, 0.1) is 12.8 Å². The third-order valence-corrected chi connectivity index (χ3v) is 4.49. The highest BCUT2D eigenvalue weighted by atomic mass is 16.3. The fourth-order valence-electron chi connectivity index (χ4n) is 2.86. The number of aliphatic imine (C=N–C) groups is 1. The molecule has 0 aliphatic heterocycles. The molecule has 1 aromatic carbocycles. The minimum absolute atomic E-state index is 0.773. The van der Waals surface area contributed by atoms with Crippen LogP contribution in [0.3, 0.4) is 0 Å². The lowest BCUT2D eigenvalue weighted by Gasteiger charge is -2.19. The van der Waals surface area contributed by atoms with Gasteiger partial charge >= 0.3 is 0 Å². The molecule has 0 amide bonds. The molecule has 3 rings (SSSR count).